The normalized spacial score (nSPS) is 13.5. The molecule has 1 rings (SSSR count). The molecule has 1 unspecified atom stereocenters. The molecule has 26 heavy (non-hydrogen) atoms. The predicted molar refractivity (Wildman–Crippen MR) is 109 cm³/mol. The van der Waals surface area contributed by atoms with Crippen LogP contribution in [0.2, 0.25) is 0 Å². The highest BCUT2D eigenvalue weighted by Gasteiger charge is 2.10. The third kappa shape index (κ3) is 7.74. The summed E-state index contributed by atoms with van der Waals surface area (Å²) in [5.41, 5.74) is 0.968. The van der Waals surface area contributed by atoms with Crippen molar-refractivity contribution in [2.45, 2.75) is 57.9 Å². The van der Waals surface area contributed by atoms with Crippen LogP contribution in [0.3, 0.4) is 0 Å². The molecule has 7 heteroatoms. The first-order valence-electron chi connectivity index (χ1n) is 9.51. The number of unbranched alkanes of at least 4 members (excludes halogenated alkanes) is 1. The average molecular weight is 383 g/mol. The van der Waals surface area contributed by atoms with Crippen molar-refractivity contribution in [3.05, 3.63) is 29.8 Å². The topological polar surface area (TPSA) is 82.6 Å². The Balaban J connectivity index is 2.68. The number of sulfonamides is 1. The second-order valence-electron chi connectivity index (χ2n) is 6.34. The molecule has 1 aromatic carbocycles. The molecule has 0 heterocycles. The van der Waals surface area contributed by atoms with E-state index in [-0.39, 0.29) is 4.90 Å². The lowest BCUT2D eigenvalue weighted by molar-refractivity contribution is 0.443. The lowest BCUT2D eigenvalue weighted by atomic mass is 9.99. The first kappa shape index (κ1) is 22.4. The molecule has 0 saturated carbocycles. The van der Waals surface area contributed by atoms with E-state index in [1.807, 2.05) is 6.92 Å². The largest absolute Gasteiger partial charge is 0.357 e. The Morgan fingerprint density at radius 1 is 1.12 bits per heavy atom. The molecule has 0 spiro atoms. The van der Waals surface area contributed by atoms with Crippen molar-refractivity contribution >= 4 is 16.0 Å². The quantitative estimate of drug-likeness (QED) is 0.406. The van der Waals surface area contributed by atoms with Gasteiger partial charge in [0.05, 0.1) is 11.4 Å². The molecule has 1 aromatic rings. The lowest BCUT2D eigenvalue weighted by Gasteiger charge is -2.18. The molecule has 3 N–H and O–H groups in total. The molecule has 0 radical (unpaired) electrons. The zero-order chi connectivity index (χ0) is 19.4. The zero-order valence-electron chi connectivity index (χ0n) is 16.5. The molecule has 1 atom stereocenters. The Bertz CT molecular complexity index is 642. The van der Waals surface area contributed by atoms with Crippen molar-refractivity contribution in [2.75, 3.05) is 20.1 Å². The SMILES string of the molecule is CCCCC(CC)CNC(=NCc1ccc(S(=O)(=O)NC)cc1)NCC. The third-order valence-electron chi connectivity index (χ3n) is 4.37. The van der Waals surface area contributed by atoms with Crippen LogP contribution in [0.25, 0.3) is 0 Å². The van der Waals surface area contributed by atoms with Crippen molar-refractivity contribution in [1.82, 2.24) is 15.4 Å². The van der Waals surface area contributed by atoms with Crippen LogP contribution in [0.4, 0.5) is 0 Å². The van der Waals surface area contributed by atoms with Gasteiger partial charge in [-0.15, -0.1) is 0 Å². The minimum absolute atomic E-state index is 0.263. The maximum Gasteiger partial charge on any atom is 0.240 e. The van der Waals surface area contributed by atoms with E-state index in [0.717, 1.165) is 31.0 Å². The van der Waals surface area contributed by atoms with Crippen LogP contribution >= 0.6 is 0 Å². The fourth-order valence-electron chi connectivity index (χ4n) is 2.59. The van der Waals surface area contributed by atoms with E-state index in [4.69, 9.17) is 0 Å². The standard InChI is InChI=1S/C19H34N4O2S/c1-5-8-9-16(6-2)14-22-19(21-7-3)23-15-17-10-12-18(13-11-17)26(24,25)20-4/h10-13,16,20H,5-9,14-15H2,1-4H3,(H2,21,22,23). The molecule has 0 saturated heterocycles. The summed E-state index contributed by atoms with van der Waals surface area (Å²) in [5, 5.41) is 6.69. The molecule has 0 bridgehead atoms. The van der Waals surface area contributed by atoms with Gasteiger partial charge in [0.15, 0.2) is 5.96 Å². The molecule has 0 aliphatic carbocycles. The minimum atomic E-state index is -3.39. The number of rotatable bonds is 11. The highest BCUT2D eigenvalue weighted by Crippen LogP contribution is 2.12. The minimum Gasteiger partial charge on any atom is -0.357 e. The van der Waals surface area contributed by atoms with Crippen LogP contribution in [-0.2, 0) is 16.6 Å². The fourth-order valence-corrected chi connectivity index (χ4v) is 3.32. The first-order chi connectivity index (χ1) is 12.5. The summed E-state index contributed by atoms with van der Waals surface area (Å²) in [6, 6.07) is 6.81. The van der Waals surface area contributed by atoms with Crippen molar-refractivity contribution < 1.29 is 8.42 Å². The van der Waals surface area contributed by atoms with Gasteiger partial charge in [0.25, 0.3) is 0 Å². The number of hydrogen-bond acceptors (Lipinski definition) is 3. The van der Waals surface area contributed by atoms with Gasteiger partial charge in [-0.25, -0.2) is 18.1 Å². The number of nitrogens with one attached hydrogen (secondary N) is 3. The number of nitrogens with zero attached hydrogens (tertiary/aromatic N) is 1. The van der Waals surface area contributed by atoms with E-state index in [1.165, 1.54) is 26.3 Å². The molecular weight excluding hydrogens is 348 g/mol. The summed E-state index contributed by atoms with van der Waals surface area (Å²) in [6.45, 7) is 8.72. The first-order valence-corrected chi connectivity index (χ1v) is 11.0. The van der Waals surface area contributed by atoms with Crippen molar-refractivity contribution in [3.8, 4) is 0 Å². The van der Waals surface area contributed by atoms with Gasteiger partial charge in [0.1, 0.15) is 0 Å². The van der Waals surface area contributed by atoms with Gasteiger partial charge in [-0.3, -0.25) is 0 Å². The van der Waals surface area contributed by atoms with Gasteiger partial charge in [0.2, 0.25) is 10.0 Å². The smallest absolute Gasteiger partial charge is 0.240 e. The van der Waals surface area contributed by atoms with E-state index >= 15 is 0 Å². The van der Waals surface area contributed by atoms with Crippen LogP contribution < -0.4 is 15.4 Å². The summed E-state index contributed by atoms with van der Waals surface area (Å²) in [6.07, 6.45) is 4.88. The second kappa shape index (κ2) is 11.9. The van der Waals surface area contributed by atoms with Crippen LogP contribution in [-0.4, -0.2) is 34.5 Å². The molecule has 148 valence electrons. The number of hydrogen-bond donors (Lipinski definition) is 3. The molecular formula is C19H34N4O2S. The highest BCUT2D eigenvalue weighted by atomic mass is 32.2. The Labute approximate surface area is 158 Å². The average Bonchev–Trinajstić information content (AvgIpc) is 2.66. The maximum atomic E-state index is 11.8. The predicted octanol–water partition coefficient (Wildman–Crippen LogP) is 2.87. The molecule has 0 aliphatic rings. The van der Waals surface area contributed by atoms with E-state index in [2.05, 4.69) is 34.2 Å². The third-order valence-corrected chi connectivity index (χ3v) is 5.80. The van der Waals surface area contributed by atoms with E-state index in [1.54, 1.807) is 24.3 Å². The van der Waals surface area contributed by atoms with Gasteiger partial charge < -0.3 is 10.6 Å². The van der Waals surface area contributed by atoms with Crippen LogP contribution in [0.1, 0.15) is 52.0 Å². The molecule has 0 amide bonds. The fraction of sp³-hybridized carbons (Fsp3) is 0.632. The van der Waals surface area contributed by atoms with Crippen LogP contribution in [0.5, 0.6) is 0 Å². The van der Waals surface area contributed by atoms with Gasteiger partial charge >= 0.3 is 0 Å². The van der Waals surface area contributed by atoms with Gasteiger partial charge in [-0.1, -0.05) is 45.2 Å². The van der Waals surface area contributed by atoms with Gasteiger partial charge in [-0.2, -0.15) is 0 Å². The summed E-state index contributed by atoms with van der Waals surface area (Å²) in [4.78, 5) is 4.88. The summed E-state index contributed by atoms with van der Waals surface area (Å²) >= 11 is 0. The number of benzene rings is 1. The summed E-state index contributed by atoms with van der Waals surface area (Å²) < 4.78 is 25.8. The molecule has 0 fully saturated rings. The molecule has 6 nitrogen and oxygen atoms in total. The second-order valence-corrected chi connectivity index (χ2v) is 8.23. The Hall–Kier alpha value is -1.60. The Kier molecular flexibility index (Phi) is 10.3. The van der Waals surface area contributed by atoms with Crippen molar-refractivity contribution in [3.63, 3.8) is 0 Å². The van der Waals surface area contributed by atoms with E-state index in [0.29, 0.717) is 12.5 Å². The van der Waals surface area contributed by atoms with Crippen molar-refractivity contribution in [2.24, 2.45) is 10.9 Å². The Morgan fingerprint density at radius 3 is 2.35 bits per heavy atom. The van der Waals surface area contributed by atoms with Crippen LogP contribution in [0, 0.1) is 5.92 Å². The number of aliphatic imine (C=N–C) groups is 1. The maximum absolute atomic E-state index is 11.8. The molecule has 0 aliphatic heterocycles. The van der Waals surface area contributed by atoms with Gasteiger partial charge in [0, 0.05) is 13.1 Å². The van der Waals surface area contributed by atoms with Crippen LogP contribution in [0.15, 0.2) is 34.2 Å². The molecule has 0 aromatic heterocycles. The van der Waals surface area contributed by atoms with Crippen molar-refractivity contribution in [1.29, 1.82) is 0 Å². The lowest BCUT2D eigenvalue weighted by Crippen LogP contribution is -2.39. The highest BCUT2D eigenvalue weighted by molar-refractivity contribution is 7.89. The van der Waals surface area contributed by atoms with Gasteiger partial charge in [-0.05, 0) is 44.0 Å². The Morgan fingerprint density at radius 2 is 1.81 bits per heavy atom. The summed E-state index contributed by atoms with van der Waals surface area (Å²) in [7, 11) is -1.99. The summed E-state index contributed by atoms with van der Waals surface area (Å²) in [5.74, 6) is 1.46. The van der Waals surface area contributed by atoms with E-state index in [9.17, 15) is 8.42 Å². The monoisotopic (exact) mass is 382 g/mol. The number of guanidine groups is 1. The van der Waals surface area contributed by atoms with E-state index < -0.39 is 10.0 Å². The zero-order valence-corrected chi connectivity index (χ0v) is 17.3.